The van der Waals surface area contributed by atoms with E-state index in [1.165, 1.54) is 12.8 Å². The van der Waals surface area contributed by atoms with Gasteiger partial charge in [-0.05, 0) is 60.9 Å². The van der Waals surface area contributed by atoms with Crippen molar-refractivity contribution in [1.29, 1.82) is 0 Å². The Kier molecular flexibility index (Phi) is 8.50. The molecule has 0 radical (unpaired) electrons. The van der Waals surface area contributed by atoms with Gasteiger partial charge in [0, 0.05) is 45.8 Å². The highest BCUT2D eigenvalue weighted by Gasteiger charge is 2.31. The van der Waals surface area contributed by atoms with Crippen LogP contribution in [0.15, 0.2) is 35.5 Å². The number of nitrogens with two attached hydrogens (primary N) is 1. The second kappa shape index (κ2) is 12.0. The Morgan fingerprint density at radius 3 is 2.56 bits per heavy atom. The lowest BCUT2D eigenvalue weighted by Gasteiger charge is -2.34. The van der Waals surface area contributed by atoms with Gasteiger partial charge < -0.3 is 25.3 Å². The van der Waals surface area contributed by atoms with Crippen LogP contribution in [0, 0.1) is 5.92 Å². The van der Waals surface area contributed by atoms with Gasteiger partial charge in [-0.3, -0.25) is 0 Å². The first-order valence-electron chi connectivity index (χ1n) is 13.2. The maximum absolute atomic E-state index is 13.0. The van der Waals surface area contributed by atoms with Crippen molar-refractivity contribution in [3.63, 3.8) is 0 Å². The minimum absolute atomic E-state index is 0.0653. The Labute approximate surface area is 232 Å². The molecule has 0 bridgehead atoms. The summed E-state index contributed by atoms with van der Waals surface area (Å²) in [6.45, 7) is 4.77. The normalized spacial score (nSPS) is 16.9. The number of carbonyl (C=O) groups is 1. The molecule has 3 aromatic rings. The van der Waals surface area contributed by atoms with E-state index in [2.05, 4.69) is 25.2 Å². The van der Waals surface area contributed by atoms with Crippen molar-refractivity contribution in [2.45, 2.75) is 43.7 Å². The molecule has 12 nitrogen and oxygen atoms in total. The summed E-state index contributed by atoms with van der Waals surface area (Å²) in [4.78, 5) is 27.0. The molecule has 1 aromatic carbocycles. The van der Waals surface area contributed by atoms with Crippen molar-refractivity contribution in [3.8, 4) is 0 Å². The van der Waals surface area contributed by atoms with E-state index in [4.69, 9.17) is 22.1 Å². The molecule has 39 heavy (non-hydrogen) atoms. The van der Waals surface area contributed by atoms with Crippen LogP contribution in [0.3, 0.4) is 0 Å². The number of piperazine rings is 1. The van der Waals surface area contributed by atoms with E-state index >= 15 is 0 Å². The third kappa shape index (κ3) is 6.96. The van der Waals surface area contributed by atoms with Crippen LogP contribution in [-0.2, 0) is 27.8 Å². The maximum Gasteiger partial charge on any atom is 0.407 e. The van der Waals surface area contributed by atoms with E-state index < -0.39 is 16.1 Å². The Morgan fingerprint density at radius 1 is 1.10 bits per heavy atom. The summed E-state index contributed by atoms with van der Waals surface area (Å²) in [5.41, 5.74) is 7.67. The number of ether oxygens (including phenoxy) is 1. The lowest BCUT2D eigenvalue weighted by atomic mass is 10.2. The molecule has 0 atom stereocenters. The number of carbonyl (C=O) groups excluding carboxylic acids is 1. The fourth-order valence-electron chi connectivity index (χ4n) is 4.62. The van der Waals surface area contributed by atoms with Gasteiger partial charge >= 0.3 is 6.09 Å². The molecule has 5 rings (SSSR count). The molecule has 210 valence electrons. The van der Waals surface area contributed by atoms with Gasteiger partial charge in [0.15, 0.2) is 11.5 Å². The first-order chi connectivity index (χ1) is 18.8. The predicted molar refractivity (Wildman–Crippen MR) is 147 cm³/mol. The summed E-state index contributed by atoms with van der Waals surface area (Å²) in [6, 6.07) is 6.63. The van der Waals surface area contributed by atoms with E-state index in [0.29, 0.717) is 37.2 Å². The highest BCUT2D eigenvalue weighted by atomic mass is 35.5. The molecule has 3 N–H and O–H groups in total. The quantitative estimate of drug-likeness (QED) is 0.259. The number of benzene rings is 1. The van der Waals surface area contributed by atoms with Gasteiger partial charge in [0.1, 0.15) is 5.52 Å². The van der Waals surface area contributed by atoms with Crippen molar-refractivity contribution in [1.82, 2.24) is 34.0 Å². The van der Waals surface area contributed by atoms with Gasteiger partial charge in [-0.15, -0.1) is 0 Å². The zero-order chi connectivity index (χ0) is 27.4. The molecular weight excluding hydrogens is 544 g/mol. The molecular formula is C25H33ClN8O4S. The number of hydrogen-bond donors (Lipinski definition) is 2. The lowest BCUT2D eigenvalue weighted by Crippen LogP contribution is -2.49. The van der Waals surface area contributed by atoms with Crippen LogP contribution in [0.4, 0.5) is 10.6 Å². The smallest absolute Gasteiger partial charge is 0.407 e. The van der Waals surface area contributed by atoms with E-state index in [9.17, 15) is 13.2 Å². The van der Waals surface area contributed by atoms with E-state index in [-0.39, 0.29) is 29.1 Å². The molecule has 14 heteroatoms. The molecule has 1 saturated carbocycles. The largest absolute Gasteiger partial charge is 0.450 e. The van der Waals surface area contributed by atoms with Gasteiger partial charge in [-0.2, -0.15) is 14.3 Å². The molecule has 1 saturated heterocycles. The van der Waals surface area contributed by atoms with Crippen molar-refractivity contribution in [3.05, 3.63) is 41.4 Å². The highest BCUT2D eigenvalue weighted by Crippen LogP contribution is 2.30. The summed E-state index contributed by atoms with van der Waals surface area (Å²) in [7, 11) is -3.53. The Bertz CT molecular complexity index is 1400. The second-order valence-electron chi connectivity index (χ2n) is 9.98. The fourth-order valence-corrected chi connectivity index (χ4v) is 6.22. The predicted octanol–water partition coefficient (Wildman–Crippen LogP) is 2.48. The van der Waals surface area contributed by atoms with Crippen LogP contribution in [0.2, 0.25) is 5.28 Å². The lowest BCUT2D eigenvalue weighted by molar-refractivity contribution is 0.143. The van der Waals surface area contributed by atoms with Crippen molar-refractivity contribution in [2.75, 3.05) is 45.1 Å². The summed E-state index contributed by atoms with van der Waals surface area (Å²) in [5, 5.41) is 2.77. The standard InChI is InChI=1S/C25H33ClN8O4S/c26-24-30-22(27)21-23(31-24)33(17-29-21)9-1-2-14-38-25(35)28-15-18-5-7-20(8-6-18)39(36,37)34-12-10-32(11-13-34)16-19-3-4-19/h5-8,17,19H,1-4,9-16H2,(H,28,35)(H2,27,30,31). The number of unbranched alkanes of at least 4 members (excludes halogenated alkanes) is 1. The van der Waals surface area contributed by atoms with Crippen LogP contribution < -0.4 is 11.1 Å². The van der Waals surface area contributed by atoms with E-state index in [1.807, 2.05) is 4.57 Å². The maximum atomic E-state index is 13.0. The number of nitrogens with zero attached hydrogens (tertiary/aromatic N) is 6. The van der Waals surface area contributed by atoms with Crippen LogP contribution in [-0.4, -0.2) is 82.6 Å². The molecule has 0 unspecified atom stereocenters. The minimum atomic E-state index is -3.53. The Morgan fingerprint density at radius 2 is 1.85 bits per heavy atom. The second-order valence-corrected chi connectivity index (χ2v) is 12.3. The van der Waals surface area contributed by atoms with E-state index in [0.717, 1.165) is 37.5 Å². The number of hydrogen-bond acceptors (Lipinski definition) is 9. The minimum Gasteiger partial charge on any atom is -0.450 e. The van der Waals surface area contributed by atoms with Crippen molar-refractivity contribution in [2.24, 2.45) is 5.92 Å². The van der Waals surface area contributed by atoms with Gasteiger partial charge in [0.2, 0.25) is 15.3 Å². The molecule has 3 heterocycles. The average Bonchev–Trinajstić information content (AvgIpc) is 3.65. The molecule has 2 aromatic heterocycles. The van der Waals surface area contributed by atoms with Crippen LogP contribution >= 0.6 is 11.6 Å². The third-order valence-electron chi connectivity index (χ3n) is 7.03. The Balaban J connectivity index is 1.01. The van der Waals surface area contributed by atoms with Crippen molar-refractivity contribution >= 4 is 44.7 Å². The number of rotatable bonds is 11. The first kappa shape index (κ1) is 27.6. The number of fused-ring (bicyclic) bond motifs is 1. The topological polar surface area (TPSA) is 149 Å². The number of imidazole rings is 1. The molecule has 0 spiro atoms. The fraction of sp³-hybridized carbons (Fsp3) is 0.520. The van der Waals surface area contributed by atoms with Crippen LogP contribution in [0.1, 0.15) is 31.2 Å². The molecule has 1 aliphatic heterocycles. The number of anilines is 1. The number of nitrogen functional groups attached to an aromatic ring is 1. The first-order valence-corrected chi connectivity index (χ1v) is 15.0. The number of nitrogens with one attached hydrogen (secondary N) is 1. The Hall–Kier alpha value is -3.00. The number of alkyl carbamates (subject to hydrolysis) is 1. The number of aromatic nitrogens is 4. The number of aryl methyl sites for hydroxylation is 1. The van der Waals surface area contributed by atoms with Gasteiger partial charge in [-0.1, -0.05) is 12.1 Å². The summed E-state index contributed by atoms with van der Waals surface area (Å²) in [6.07, 6.45) is 5.06. The van der Waals surface area contributed by atoms with Gasteiger partial charge in [0.05, 0.1) is 17.8 Å². The van der Waals surface area contributed by atoms with Crippen LogP contribution in [0.5, 0.6) is 0 Å². The highest BCUT2D eigenvalue weighted by molar-refractivity contribution is 7.89. The number of sulfonamides is 1. The third-order valence-corrected chi connectivity index (χ3v) is 9.11. The molecule has 2 fully saturated rings. The summed E-state index contributed by atoms with van der Waals surface area (Å²) in [5.74, 6) is 1.04. The SMILES string of the molecule is Nc1nc(Cl)nc2c1ncn2CCCCOC(=O)NCc1ccc(S(=O)(=O)N2CCN(CC3CC3)CC2)cc1. The molecule has 2 aliphatic rings. The monoisotopic (exact) mass is 576 g/mol. The molecule has 1 amide bonds. The van der Waals surface area contributed by atoms with Gasteiger partial charge in [-0.25, -0.2) is 18.2 Å². The zero-order valence-electron chi connectivity index (χ0n) is 21.6. The van der Waals surface area contributed by atoms with E-state index in [1.54, 1.807) is 34.9 Å². The average molecular weight is 577 g/mol. The summed E-state index contributed by atoms with van der Waals surface area (Å²) >= 11 is 5.89. The van der Waals surface area contributed by atoms with Crippen molar-refractivity contribution < 1.29 is 17.9 Å². The summed E-state index contributed by atoms with van der Waals surface area (Å²) < 4.78 is 34.7. The number of halogens is 1. The zero-order valence-corrected chi connectivity index (χ0v) is 23.2. The number of amides is 1. The van der Waals surface area contributed by atoms with Crippen LogP contribution in [0.25, 0.3) is 11.2 Å². The van der Waals surface area contributed by atoms with Gasteiger partial charge in [0.25, 0.3) is 0 Å². The molecule has 1 aliphatic carbocycles.